The van der Waals surface area contributed by atoms with Crippen LogP contribution in [0.3, 0.4) is 0 Å². The Morgan fingerprint density at radius 3 is 2.11 bits per heavy atom. The summed E-state index contributed by atoms with van der Waals surface area (Å²) in [5, 5.41) is 0. The monoisotopic (exact) mass is 626 g/mol. The number of hydrogen-bond donors (Lipinski definition) is 0. The van der Waals surface area contributed by atoms with Crippen molar-refractivity contribution in [1.82, 2.24) is 14.9 Å². The Balaban J connectivity index is 1.06. The van der Waals surface area contributed by atoms with Gasteiger partial charge in [-0.3, -0.25) is 9.59 Å². The van der Waals surface area contributed by atoms with Crippen LogP contribution in [0.15, 0.2) is 29.5 Å². The van der Waals surface area contributed by atoms with E-state index in [-0.39, 0.29) is 16.7 Å². The fourth-order valence-corrected chi connectivity index (χ4v) is 11.6. The molecule has 1 aromatic rings. The fraction of sp³-hybridized carbons (Fsp3) is 0.737. The van der Waals surface area contributed by atoms with E-state index in [1.54, 1.807) is 5.57 Å². The van der Waals surface area contributed by atoms with Gasteiger partial charge in [0.2, 0.25) is 5.95 Å². The van der Waals surface area contributed by atoms with Gasteiger partial charge in [-0.25, -0.2) is 0 Å². The lowest BCUT2D eigenvalue weighted by Gasteiger charge is -2.58. The summed E-state index contributed by atoms with van der Waals surface area (Å²) in [6.07, 6.45) is 14.5. The quantitative estimate of drug-likeness (QED) is 0.375. The maximum absolute atomic E-state index is 13.3. The van der Waals surface area contributed by atoms with Crippen molar-refractivity contribution in [3.8, 4) is 0 Å². The number of anilines is 3. The van der Waals surface area contributed by atoms with Gasteiger partial charge in [0.15, 0.2) is 5.78 Å². The average Bonchev–Trinajstić information content (AvgIpc) is 3.82. The van der Waals surface area contributed by atoms with Crippen LogP contribution < -0.4 is 14.7 Å². The van der Waals surface area contributed by atoms with Gasteiger partial charge in [-0.1, -0.05) is 32.4 Å². The van der Waals surface area contributed by atoms with Crippen LogP contribution in [-0.2, 0) is 9.59 Å². The molecule has 7 atom stereocenters. The molecule has 2 saturated carbocycles. The van der Waals surface area contributed by atoms with E-state index in [9.17, 15) is 9.59 Å². The van der Waals surface area contributed by atoms with Crippen molar-refractivity contribution in [2.24, 2.45) is 40.4 Å². The van der Waals surface area contributed by atoms with Gasteiger partial charge in [0.05, 0.1) is 0 Å². The molecule has 0 unspecified atom stereocenters. The lowest BCUT2D eigenvalue weighted by Crippen LogP contribution is -2.54. The molecule has 0 spiro atoms. The van der Waals surface area contributed by atoms with Crippen molar-refractivity contribution in [2.45, 2.75) is 85.5 Å². The lowest BCUT2D eigenvalue weighted by atomic mass is 9.49. The summed E-state index contributed by atoms with van der Waals surface area (Å²) in [6.45, 7) is 16.8. The van der Waals surface area contributed by atoms with Gasteiger partial charge >= 0.3 is 0 Å². The van der Waals surface area contributed by atoms with Gasteiger partial charge in [0.1, 0.15) is 17.4 Å². The zero-order chi connectivity index (χ0) is 31.8. The number of carbonyl (C=O) groups is 2. The van der Waals surface area contributed by atoms with Crippen LogP contribution in [0.1, 0.15) is 85.5 Å². The van der Waals surface area contributed by atoms with Gasteiger partial charge in [-0.2, -0.15) is 9.97 Å². The molecule has 8 heteroatoms. The highest BCUT2D eigenvalue weighted by Gasteiger charge is 2.61. The van der Waals surface area contributed by atoms with Crippen LogP contribution >= 0.6 is 0 Å². The van der Waals surface area contributed by atoms with E-state index in [0.717, 1.165) is 95.6 Å². The number of aromatic nitrogens is 2. The Hall–Kier alpha value is -2.90. The Kier molecular flexibility index (Phi) is 7.52. The van der Waals surface area contributed by atoms with Gasteiger partial charge in [-0.15, -0.1) is 0 Å². The van der Waals surface area contributed by atoms with E-state index in [2.05, 4.69) is 52.5 Å². The normalized spacial score (nSPS) is 37.6. The molecule has 1 aromatic heterocycles. The molecule has 0 bridgehead atoms. The second-order valence-electron chi connectivity index (χ2n) is 16.3. The van der Waals surface area contributed by atoms with Crippen LogP contribution in [0, 0.1) is 40.4 Å². The Morgan fingerprint density at radius 2 is 1.46 bits per heavy atom. The summed E-state index contributed by atoms with van der Waals surface area (Å²) in [6, 6.07) is 2.23. The van der Waals surface area contributed by atoms with Gasteiger partial charge < -0.3 is 19.6 Å². The number of piperazine rings is 1. The van der Waals surface area contributed by atoms with Crippen LogP contribution in [0.4, 0.5) is 17.6 Å². The standard InChI is InChI=1S/C38H54N6O2/c1-25-21-31-29-10-9-27-22-28(46)23-32(38(27,4)30(29)11-12-37(31,3)35(25)26(2)45)41-17-19-43(20-18-41)34-24-33(42-13-5-6-14-42)39-36(40-34)44-15-7-8-16-44/h11,23-25,27,29,31,35H,5-10,12-22H2,1-4H3/t25-,27+,29-,31+,35-,37+,38+/m1/s1. The molecular weight excluding hydrogens is 572 g/mol. The van der Waals surface area contributed by atoms with Gasteiger partial charge in [0.25, 0.3) is 0 Å². The third-order valence-electron chi connectivity index (χ3n) is 13.8. The summed E-state index contributed by atoms with van der Waals surface area (Å²) in [5.74, 6) is 5.74. The molecule has 4 aliphatic carbocycles. The zero-order valence-electron chi connectivity index (χ0n) is 28.6. The van der Waals surface area contributed by atoms with Crippen LogP contribution in [-0.4, -0.2) is 78.8 Å². The van der Waals surface area contributed by atoms with Gasteiger partial charge in [0, 0.05) is 88.0 Å². The summed E-state index contributed by atoms with van der Waals surface area (Å²) < 4.78 is 0. The van der Waals surface area contributed by atoms with Crippen LogP contribution in [0.25, 0.3) is 0 Å². The first kappa shape index (κ1) is 30.4. The second kappa shape index (κ2) is 11.4. The Morgan fingerprint density at radius 1 is 0.848 bits per heavy atom. The SMILES string of the molecule is CC(=O)[C@H]1[C@H](C)C[C@H]2[C@@H]3CC[C@H]4CC(=O)C=C(N5CCN(c6cc(N7CCCC7)nc(N7CCCC7)n6)CC5)[C@]4(C)C3=CC[C@@]21C. The number of ketones is 2. The van der Waals surface area contributed by atoms with E-state index < -0.39 is 0 Å². The second-order valence-corrected chi connectivity index (χ2v) is 16.3. The molecule has 0 N–H and O–H groups in total. The molecular formula is C38H54N6O2. The summed E-state index contributed by atoms with van der Waals surface area (Å²) in [5.41, 5.74) is 2.80. The minimum Gasteiger partial charge on any atom is -0.370 e. The van der Waals surface area contributed by atoms with E-state index in [1.165, 1.54) is 31.4 Å². The molecule has 7 aliphatic rings. The maximum Gasteiger partial charge on any atom is 0.229 e. The number of Topliss-reactive ketones (excluding diaryl/α,β-unsaturated/α-hetero) is 1. The third-order valence-corrected chi connectivity index (χ3v) is 13.8. The molecule has 0 amide bonds. The molecule has 0 aromatic carbocycles. The molecule has 8 rings (SSSR count). The molecule has 3 saturated heterocycles. The molecule has 5 fully saturated rings. The molecule has 248 valence electrons. The summed E-state index contributed by atoms with van der Waals surface area (Å²) >= 11 is 0. The van der Waals surface area contributed by atoms with E-state index >= 15 is 0 Å². The molecule has 3 aliphatic heterocycles. The van der Waals surface area contributed by atoms with Crippen molar-refractivity contribution < 1.29 is 9.59 Å². The lowest BCUT2D eigenvalue weighted by molar-refractivity contribution is -0.126. The fourth-order valence-electron chi connectivity index (χ4n) is 11.6. The number of hydrogen-bond acceptors (Lipinski definition) is 8. The first-order valence-corrected chi connectivity index (χ1v) is 18.5. The minimum absolute atomic E-state index is 0.0575. The largest absolute Gasteiger partial charge is 0.370 e. The highest BCUT2D eigenvalue weighted by atomic mass is 16.1. The highest BCUT2D eigenvalue weighted by Crippen LogP contribution is 2.67. The van der Waals surface area contributed by atoms with Crippen molar-refractivity contribution in [3.05, 3.63) is 29.5 Å². The predicted octanol–water partition coefficient (Wildman–Crippen LogP) is 5.89. The predicted molar refractivity (Wildman–Crippen MR) is 183 cm³/mol. The Labute approximate surface area is 275 Å². The van der Waals surface area contributed by atoms with E-state index in [1.807, 2.05) is 13.0 Å². The topological polar surface area (TPSA) is 72.9 Å². The summed E-state index contributed by atoms with van der Waals surface area (Å²) in [7, 11) is 0. The molecule has 4 heterocycles. The molecule has 46 heavy (non-hydrogen) atoms. The number of nitrogens with zero attached hydrogens (tertiary/aromatic N) is 6. The Bertz CT molecular complexity index is 1420. The number of carbonyl (C=O) groups excluding carboxylic acids is 2. The minimum atomic E-state index is -0.112. The van der Waals surface area contributed by atoms with Crippen LogP contribution in [0.2, 0.25) is 0 Å². The molecule has 8 nitrogen and oxygen atoms in total. The number of fused-ring (bicyclic) bond motifs is 5. The molecule has 0 radical (unpaired) electrons. The van der Waals surface area contributed by atoms with Crippen molar-refractivity contribution in [3.63, 3.8) is 0 Å². The van der Waals surface area contributed by atoms with Crippen molar-refractivity contribution in [1.29, 1.82) is 0 Å². The number of allylic oxidation sites excluding steroid dienone is 3. The van der Waals surface area contributed by atoms with Crippen LogP contribution in [0.5, 0.6) is 0 Å². The maximum atomic E-state index is 13.3. The highest BCUT2D eigenvalue weighted by molar-refractivity contribution is 5.92. The van der Waals surface area contributed by atoms with Gasteiger partial charge in [-0.05, 0) is 87.4 Å². The third kappa shape index (κ3) is 4.74. The summed E-state index contributed by atoms with van der Waals surface area (Å²) in [4.78, 5) is 46.2. The zero-order valence-corrected chi connectivity index (χ0v) is 28.6. The average molecular weight is 627 g/mol. The first-order chi connectivity index (χ1) is 22.2. The van der Waals surface area contributed by atoms with Crippen molar-refractivity contribution in [2.75, 3.05) is 67.1 Å². The van der Waals surface area contributed by atoms with E-state index in [0.29, 0.717) is 41.7 Å². The smallest absolute Gasteiger partial charge is 0.229 e. The van der Waals surface area contributed by atoms with E-state index in [4.69, 9.17) is 9.97 Å². The first-order valence-electron chi connectivity index (χ1n) is 18.5. The number of rotatable bonds is 5. The van der Waals surface area contributed by atoms with Crippen molar-refractivity contribution >= 4 is 29.2 Å².